The summed E-state index contributed by atoms with van der Waals surface area (Å²) in [4.78, 5) is 25.8. The Hall–Kier alpha value is -2.28. The van der Waals surface area contributed by atoms with Crippen LogP contribution in [0.3, 0.4) is 0 Å². The second-order valence-corrected chi connectivity index (χ2v) is 7.14. The molecule has 1 aromatic carbocycles. The summed E-state index contributed by atoms with van der Waals surface area (Å²) in [6.07, 6.45) is 2.93. The predicted octanol–water partition coefficient (Wildman–Crippen LogP) is 2.50. The van der Waals surface area contributed by atoms with E-state index in [1.165, 1.54) is 5.56 Å². The van der Waals surface area contributed by atoms with Crippen molar-refractivity contribution in [3.05, 3.63) is 53.3 Å². The average Bonchev–Trinajstić information content (AvgIpc) is 3.13. The number of H-pyrrole nitrogens is 1. The number of likely N-dealkylation sites (tertiary alicyclic amines) is 1. The number of hydrogen-bond acceptors (Lipinski definition) is 4. The number of amides is 2. The molecule has 0 saturated carbocycles. The van der Waals surface area contributed by atoms with Crippen molar-refractivity contribution in [1.82, 2.24) is 15.1 Å². The molecule has 0 unspecified atom stereocenters. The number of rotatable bonds is 6. The molecule has 1 saturated heterocycles. The van der Waals surface area contributed by atoms with Crippen molar-refractivity contribution >= 4 is 23.6 Å². The standard InChI is InChI=1S/C18H22N4O2S/c19-18(24)15-10-14(20-21-15)16-8-4-5-9-22(16)17(23)12-25-11-13-6-2-1-3-7-13/h1-3,6-7,10,16H,4-5,8-9,11-12H2,(H2,19,24)(H,20,21)/t16-/m1/s1. The van der Waals surface area contributed by atoms with Gasteiger partial charge >= 0.3 is 0 Å². The number of hydrogen-bond donors (Lipinski definition) is 2. The lowest BCUT2D eigenvalue weighted by Crippen LogP contribution is -2.39. The number of primary amides is 1. The Morgan fingerprint density at radius 1 is 1.28 bits per heavy atom. The highest BCUT2D eigenvalue weighted by Gasteiger charge is 2.29. The minimum absolute atomic E-state index is 0.0563. The molecule has 0 radical (unpaired) electrons. The molecule has 2 amide bonds. The minimum Gasteiger partial charge on any atom is -0.364 e. The van der Waals surface area contributed by atoms with E-state index in [4.69, 9.17) is 5.73 Å². The Balaban J connectivity index is 1.61. The van der Waals surface area contributed by atoms with Crippen LogP contribution in [0.1, 0.15) is 47.1 Å². The molecule has 132 valence electrons. The van der Waals surface area contributed by atoms with Crippen LogP contribution < -0.4 is 5.73 Å². The lowest BCUT2D eigenvalue weighted by molar-refractivity contribution is -0.132. The zero-order chi connectivity index (χ0) is 17.6. The quantitative estimate of drug-likeness (QED) is 0.830. The maximum Gasteiger partial charge on any atom is 0.269 e. The third-order valence-electron chi connectivity index (χ3n) is 4.37. The first-order chi connectivity index (χ1) is 12.1. The summed E-state index contributed by atoms with van der Waals surface area (Å²) in [7, 11) is 0. The number of nitrogens with zero attached hydrogens (tertiary/aromatic N) is 2. The lowest BCUT2D eigenvalue weighted by atomic mass is 9.99. The number of thioether (sulfide) groups is 1. The predicted molar refractivity (Wildman–Crippen MR) is 98.0 cm³/mol. The van der Waals surface area contributed by atoms with Gasteiger partial charge in [-0.3, -0.25) is 14.7 Å². The maximum absolute atomic E-state index is 12.7. The van der Waals surface area contributed by atoms with Gasteiger partial charge in [0.05, 0.1) is 17.5 Å². The molecule has 7 heteroatoms. The highest BCUT2D eigenvalue weighted by atomic mass is 32.2. The zero-order valence-corrected chi connectivity index (χ0v) is 14.8. The van der Waals surface area contributed by atoms with Crippen LogP contribution in [-0.4, -0.2) is 39.2 Å². The van der Waals surface area contributed by atoms with Crippen LogP contribution in [-0.2, 0) is 10.5 Å². The van der Waals surface area contributed by atoms with Crippen molar-refractivity contribution in [2.75, 3.05) is 12.3 Å². The normalized spacial score (nSPS) is 17.4. The number of nitrogens with two attached hydrogens (primary N) is 1. The summed E-state index contributed by atoms with van der Waals surface area (Å²) < 4.78 is 0. The summed E-state index contributed by atoms with van der Waals surface area (Å²) in [5.74, 6) is 0.832. The van der Waals surface area contributed by atoms with Crippen LogP contribution in [0.5, 0.6) is 0 Å². The molecular weight excluding hydrogens is 336 g/mol. The van der Waals surface area contributed by atoms with Gasteiger partial charge in [0.25, 0.3) is 5.91 Å². The Labute approximate surface area is 151 Å². The molecule has 1 atom stereocenters. The second kappa shape index (κ2) is 8.20. The molecule has 1 fully saturated rings. The molecule has 25 heavy (non-hydrogen) atoms. The number of piperidine rings is 1. The van der Waals surface area contributed by atoms with Crippen molar-refractivity contribution in [3.8, 4) is 0 Å². The summed E-state index contributed by atoms with van der Waals surface area (Å²) in [5.41, 5.74) is 7.49. The largest absolute Gasteiger partial charge is 0.364 e. The first kappa shape index (κ1) is 17.5. The van der Waals surface area contributed by atoms with E-state index in [9.17, 15) is 9.59 Å². The van der Waals surface area contributed by atoms with E-state index in [2.05, 4.69) is 22.3 Å². The van der Waals surface area contributed by atoms with E-state index in [0.29, 0.717) is 5.75 Å². The molecule has 0 spiro atoms. The lowest BCUT2D eigenvalue weighted by Gasteiger charge is -2.35. The van der Waals surface area contributed by atoms with Gasteiger partial charge in [0.1, 0.15) is 5.69 Å². The third kappa shape index (κ3) is 4.42. The van der Waals surface area contributed by atoms with Crippen LogP contribution in [0.25, 0.3) is 0 Å². The summed E-state index contributed by atoms with van der Waals surface area (Å²) in [5, 5.41) is 6.82. The SMILES string of the molecule is NC(=O)c1cc([C@H]2CCCCN2C(=O)CSCc2ccccc2)[nH]n1. The van der Waals surface area contributed by atoms with Crippen LogP contribution in [0.15, 0.2) is 36.4 Å². The van der Waals surface area contributed by atoms with E-state index in [1.807, 2.05) is 23.1 Å². The van der Waals surface area contributed by atoms with E-state index < -0.39 is 5.91 Å². The number of aromatic amines is 1. The molecule has 2 heterocycles. The molecule has 2 aromatic rings. The second-order valence-electron chi connectivity index (χ2n) is 6.15. The smallest absolute Gasteiger partial charge is 0.269 e. The van der Waals surface area contributed by atoms with Gasteiger partial charge < -0.3 is 10.6 Å². The van der Waals surface area contributed by atoms with Gasteiger partial charge in [0, 0.05) is 12.3 Å². The van der Waals surface area contributed by atoms with Gasteiger partial charge in [0.15, 0.2) is 0 Å². The molecule has 0 aliphatic carbocycles. The van der Waals surface area contributed by atoms with E-state index in [0.717, 1.165) is 37.3 Å². The molecule has 1 aliphatic rings. The van der Waals surface area contributed by atoms with Crippen LogP contribution in [0.2, 0.25) is 0 Å². The highest BCUT2D eigenvalue weighted by Crippen LogP contribution is 2.30. The topological polar surface area (TPSA) is 92.1 Å². The number of nitrogens with one attached hydrogen (secondary N) is 1. The molecule has 0 bridgehead atoms. The first-order valence-electron chi connectivity index (χ1n) is 8.41. The maximum atomic E-state index is 12.7. The Morgan fingerprint density at radius 3 is 2.80 bits per heavy atom. The Morgan fingerprint density at radius 2 is 2.08 bits per heavy atom. The van der Waals surface area contributed by atoms with Crippen LogP contribution in [0, 0.1) is 0 Å². The van der Waals surface area contributed by atoms with Gasteiger partial charge in [-0.1, -0.05) is 30.3 Å². The van der Waals surface area contributed by atoms with Crippen molar-refractivity contribution in [2.45, 2.75) is 31.1 Å². The van der Waals surface area contributed by atoms with E-state index >= 15 is 0 Å². The minimum atomic E-state index is -0.561. The summed E-state index contributed by atoms with van der Waals surface area (Å²) in [6, 6.07) is 11.7. The number of aromatic nitrogens is 2. The monoisotopic (exact) mass is 358 g/mol. The van der Waals surface area contributed by atoms with Gasteiger partial charge in [-0.15, -0.1) is 11.8 Å². The number of carbonyl (C=O) groups excluding carboxylic acids is 2. The fourth-order valence-corrected chi connectivity index (χ4v) is 3.97. The van der Waals surface area contributed by atoms with E-state index in [1.54, 1.807) is 17.8 Å². The van der Waals surface area contributed by atoms with Crippen molar-refractivity contribution in [3.63, 3.8) is 0 Å². The third-order valence-corrected chi connectivity index (χ3v) is 5.36. The molecule has 1 aliphatic heterocycles. The number of benzene rings is 1. The van der Waals surface area contributed by atoms with Crippen molar-refractivity contribution in [2.24, 2.45) is 5.73 Å². The van der Waals surface area contributed by atoms with Crippen LogP contribution in [0.4, 0.5) is 0 Å². The summed E-state index contributed by atoms with van der Waals surface area (Å²) >= 11 is 1.62. The average molecular weight is 358 g/mol. The fourth-order valence-electron chi connectivity index (χ4n) is 3.10. The van der Waals surface area contributed by atoms with Gasteiger partial charge in [-0.05, 0) is 30.9 Å². The molecular formula is C18H22N4O2S. The molecule has 3 rings (SSSR count). The summed E-state index contributed by atoms with van der Waals surface area (Å²) in [6.45, 7) is 0.736. The van der Waals surface area contributed by atoms with Gasteiger partial charge in [-0.25, -0.2) is 0 Å². The Kier molecular flexibility index (Phi) is 5.75. The van der Waals surface area contributed by atoms with Gasteiger partial charge in [0.2, 0.25) is 5.91 Å². The first-order valence-corrected chi connectivity index (χ1v) is 9.57. The highest BCUT2D eigenvalue weighted by molar-refractivity contribution is 7.99. The van der Waals surface area contributed by atoms with Crippen molar-refractivity contribution in [1.29, 1.82) is 0 Å². The molecule has 1 aromatic heterocycles. The molecule has 6 nitrogen and oxygen atoms in total. The Bertz CT molecular complexity index is 732. The van der Waals surface area contributed by atoms with Crippen LogP contribution >= 0.6 is 11.8 Å². The fraction of sp³-hybridized carbons (Fsp3) is 0.389. The van der Waals surface area contributed by atoms with Gasteiger partial charge in [-0.2, -0.15) is 5.10 Å². The van der Waals surface area contributed by atoms with E-state index in [-0.39, 0.29) is 17.6 Å². The number of carbonyl (C=O) groups is 2. The molecule has 3 N–H and O–H groups in total. The van der Waals surface area contributed by atoms with Crippen molar-refractivity contribution < 1.29 is 9.59 Å². The zero-order valence-electron chi connectivity index (χ0n) is 14.0.